The van der Waals surface area contributed by atoms with Crippen LogP contribution in [-0.2, 0) is 0 Å². The summed E-state index contributed by atoms with van der Waals surface area (Å²) in [6, 6.07) is 5.70. The molecule has 5 heteroatoms. The lowest BCUT2D eigenvalue weighted by molar-refractivity contribution is -0.384. The summed E-state index contributed by atoms with van der Waals surface area (Å²) in [5, 5.41) is 14.5. The Labute approximate surface area is 127 Å². The molecule has 1 saturated carbocycles. The van der Waals surface area contributed by atoms with Gasteiger partial charge in [0.1, 0.15) is 5.69 Å². The van der Waals surface area contributed by atoms with Gasteiger partial charge in [-0.15, -0.1) is 0 Å². The number of nitrogens with one attached hydrogen (secondary N) is 1. The smallest absolute Gasteiger partial charge is 0.293 e. The minimum absolute atomic E-state index is 0.179. The van der Waals surface area contributed by atoms with Crippen LogP contribution in [0.2, 0.25) is 0 Å². The van der Waals surface area contributed by atoms with Crippen molar-refractivity contribution in [3.63, 3.8) is 0 Å². The van der Waals surface area contributed by atoms with E-state index in [1.165, 1.54) is 6.42 Å². The second-order valence-electron chi connectivity index (χ2n) is 5.53. The van der Waals surface area contributed by atoms with Gasteiger partial charge in [0.05, 0.1) is 4.92 Å². The first-order chi connectivity index (χ1) is 8.97. The predicted octanol–water partition coefficient (Wildman–Crippen LogP) is 4.44. The van der Waals surface area contributed by atoms with Gasteiger partial charge in [0.25, 0.3) is 5.69 Å². The molecular formula is C14H19IN2O2. The lowest BCUT2D eigenvalue weighted by atomic mass is 9.79. The molecule has 0 radical (unpaired) electrons. The monoisotopic (exact) mass is 374 g/mol. The topological polar surface area (TPSA) is 55.2 Å². The van der Waals surface area contributed by atoms with Crippen LogP contribution in [0.15, 0.2) is 18.2 Å². The number of hydrogen-bond acceptors (Lipinski definition) is 3. The maximum absolute atomic E-state index is 11.1. The molecular weight excluding hydrogens is 355 g/mol. The Morgan fingerprint density at radius 1 is 1.32 bits per heavy atom. The van der Waals surface area contributed by atoms with Crippen LogP contribution in [0.5, 0.6) is 0 Å². The number of anilines is 1. The molecule has 1 aromatic rings. The number of nitro benzene ring substituents is 1. The summed E-state index contributed by atoms with van der Waals surface area (Å²) in [6.45, 7) is 4.55. The molecule has 0 bridgehead atoms. The van der Waals surface area contributed by atoms with Crippen LogP contribution in [0, 0.1) is 25.5 Å². The van der Waals surface area contributed by atoms with E-state index in [0.717, 1.165) is 22.3 Å². The van der Waals surface area contributed by atoms with Crippen LogP contribution in [0.25, 0.3) is 0 Å². The number of nitro groups is 1. The zero-order valence-corrected chi connectivity index (χ0v) is 13.4. The molecule has 3 unspecified atom stereocenters. The van der Waals surface area contributed by atoms with E-state index in [1.807, 2.05) is 12.1 Å². The fourth-order valence-corrected chi connectivity index (χ4v) is 3.15. The van der Waals surface area contributed by atoms with Crippen molar-refractivity contribution in [1.29, 1.82) is 0 Å². The van der Waals surface area contributed by atoms with E-state index in [0.29, 0.717) is 17.6 Å². The van der Waals surface area contributed by atoms with Crippen LogP contribution in [-0.4, -0.2) is 11.0 Å². The first-order valence-electron chi connectivity index (χ1n) is 6.68. The van der Waals surface area contributed by atoms with Crippen molar-refractivity contribution in [1.82, 2.24) is 0 Å². The van der Waals surface area contributed by atoms with Gasteiger partial charge in [0.15, 0.2) is 0 Å². The molecule has 1 fully saturated rings. The van der Waals surface area contributed by atoms with E-state index in [-0.39, 0.29) is 10.6 Å². The highest BCUT2D eigenvalue weighted by Crippen LogP contribution is 2.33. The van der Waals surface area contributed by atoms with Crippen LogP contribution in [0.4, 0.5) is 11.4 Å². The normalized spacial score (nSPS) is 27.0. The van der Waals surface area contributed by atoms with Crippen LogP contribution in [0.1, 0.15) is 33.1 Å². The second-order valence-corrected chi connectivity index (χ2v) is 6.77. The van der Waals surface area contributed by atoms with Crippen molar-refractivity contribution >= 4 is 34.0 Å². The SMILES string of the molecule is CC1CCC(Nc2ccc(I)cc2[N+](=O)[O-])CC1C. The first-order valence-corrected chi connectivity index (χ1v) is 7.75. The third kappa shape index (κ3) is 3.58. The molecule has 0 spiro atoms. The lowest BCUT2D eigenvalue weighted by Gasteiger charge is -2.33. The average Bonchev–Trinajstić information content (AvgIpc) is 2.36. The number of nitrogens with zero attached hydrogens (tertiary/aromatic N) is 1. The molecule has 4 nitrogen and oxygen atoms in total. The van der Waals surface area contributed by atoms with E-state index in [1.54, 1.807) is 6.07 Å². The molecule has 1 aliphatic rings. The molecule has 0 saturated heterocycles. The van der Waals surface area contributed by atoms with Gasteiger partial charge in [-0.2, -0.15) is 0 Å². The van der Waals surface area contributed by atoms with Crippen molar-refractivity contribution < 1.29 is 4.92 Å². The molecule has 0 aliphatic heterocycles. The maximum Gasteiger partial charge on any atom is 0.293 e. The Hall–Kier alpha value is -0.850. The summed E-state index contributed by atoms with van der Waals surface area (Å²) in [5.41, 5.74) is 0.829. The molecule has 1 aromatic carbocycles. The number of halogens is 1. The highest BCUT2D eigenvalue weighted by atomic mass is 127. The fourth-order valence-electron chi connectivity index (χ4n) is 2.68. The Balaban J connectivity index is 2.13. The van der Waals surface area contributed by atoms with Crippen molar-refractivity contribution in [2.45, 2.75) is 39.2 Å². The lowest BCUT2D eigenvalue weighted by Crippen LogP contribution is -2.30. The molecule has 0 amide bonds. The summed E-state index contributed by atoms with van der Waals surface area (Å²) >= 11 is 2.10. The Bertz CT molecular complexity index is 479. The Morgan fingerprint density at radius 2 is 2.05 bits per heavy atom. The summed E-state index contributed by atoms with van der Waals surface area (Å²) in [6.07, 6.45) is 3.37. The maximum atomic E-state index is 11.1. The highest BCUT2D eigenvalue weighted by molar-refractivity contribution is 14.1. The second kappa shape index (κ2) is 6.07. The molecule has 1 aliphatic carbocycles. The van der Waals surface area contributed by atoms with E-state index < -0.39 is 0 Å². The zero-order chi connectivity index (χ0) is 14.0. The average molecular weight is 374 g/mol. The van der Waals surface area contributed by atoms with Gasteiger partial charge in [-0.1, -0.05) is 13.8 Å². The molecule has 104 valence electrons. The van der Waals surface area contributed by atoms with Gasteiger partial charge in [0.2, 0.25) is 0 Å². The fraction of sp³-hybridized carbons (Fsp3) is 0.571. The van der Waals surface area contributed by atoms with E-state index in [4.69, 9.17) is 0 Å². The van der Waals surface area contributed by atoms with E-state index in [9.17, 15) is 10.1 Å². The van der Waals surface area contributed by atoms with Crippen LogP contribution in [0.3, 0.4) is 0 Å². The summed E-state index contributed by atoms with van der Waals surface area (Å²) < 4.78 is 0.889. The largest absolute Gasteiger partial charge is 0.377 e. The van der Waals surface area contributed by atoms with Crippen molar-refractivity contribution in [3.8, 4) is 0 Å². The van der Waals surface area contributed by atoms with Gasteiger partial charge in [-0.05, 0) is 65.8 Å². The molecule has 2 rings (SSSR count). The number of benzene rings is 1. The summed E-state index contributed by atoms with van der Waals surface area (Å²) in [4.78, 5) is 10.8. The Morgan fingerprint density at radius 3 is 2.68 bits per heavy atom. The summed E-state index contributed by atoms with van der Waals surface area (Å²) in [5.74, 6) is 1.43. The van der Waals surface area contributed by atoms with Crippen molar-refractivity contribution in [2.24, 2.45) is 11.8 Å². The van der Waals surface area contributed by atoms with E-state index >= 15 is 0 Å². The van der Waals surface area contributed by atoms with Gasteiger partial charge in [0, 0.05) is 15.7 Å². The Kier molecular flexibility index (Phi) is 4.65. The van der Waals surface area contributed by atoms with Gasteiger partial charge < -0.3 is 5.32 Å². The molecule has 0 aromatic heterocycles. The van der Waals surface area contributed by atoms with Crippen LogP contribution < -0.4 is 5.32 Å². The van der Waals surface area contributed by atoms with Crippen molar-refractivity contribution in [3.05, 3.63) is 31.9 Å². The third-order valence-corrected chi connectivity index (χ3v) is 4.79. The summed E-state index contributed by atoms with van der Waals surface area (Å²) in [7, 11) is 0. The van der Waals surface area contributed by atoms with Crippen LogP contribution >= 0.6 is 22.6 Å². The zero-order valence-electron chi connectivity index (χ0n) is 11.2. The van der Waals surface area contributed by atoms with Gasteiger partial charge in [-0.3, -0.25) is 10.1 Å². The van der Waals surface area contributed by atoms with Gasteiger partial charge in [-0.25, -0.2) is 0 Å². The quantitative estimate of drug-likeness (QED) is 0.484. The standard InChI is InChI=1S/C14H19IN2O2/c1-9-3-5-12(7-10(9)2)16-13-6-4-11(15)8-14(13)17(18)19/h4,6,8-10,12,16H,3,5,7H2,1-2H3. The first kappa shape index (κ1) is 14.6. The third-order valence-electron chi connectivity index (χ3n) is 4.11. The van der Waals surface area contributed by atoms with Crippen molar-refractivity contribution in [2.75, 3.05) is 5.32 Å². The highest BCUT2D eigenvalue weighted by Gasteiger charge is 2.26. The minimum Gasteiger partial charge on any atom is -0.377 e. The molecule has 1 N–H and O–H groups in total. The van der Waals surface area contributed by atoms with Gasteiger partial charge >= 0.3 is 0 Å². The minimum atomic E-state index is -0.306. The number of rotatable bonds is 3. The molecule has 3 atom stereocenters. The molecule has 19 heavy (non-hydrogen) atoms. The molecule has 0 heterocycles. The predicted molar refractivity (Wildman–Crippen MR) is 85.4 cm³/mol. The number of hydrogen-bond donors (Lipinski definition) is 1. The van der Waals surface area contributed by atoms with E-state index in [2.05, 4.69) is 41.8 Å².